The van der Waals surface area contributed by atoms with E-state index in [1.807, 2.05) is 13.8 Å². The zero-order valence-electron chi connectivity index (χ0n) is 11.6. The Morgan fingerprint density at radius 1 is 1.63 bits per heavy atom. The first-order valence-corrected chi connectivity index (χ1v) is 6.49. The highest BCUT2D eigenvalue weighted by molar-refractivity contribution is 5.81. The molecule has 0 spiro atoms. The normalized spacial score (nSPS) is 20.7. The smallest absolute Gasteiger partial charge is 0.240 e. The molecule has 1 unspecified atom stereocenters. The highest BCUT2D eigenvalue weighted by atomic mass is 16.5. The van der Waals surface area contributed by atoms with Gasteiger partial charge in [0.05, 0.1) is 18.1 Å². The first kappa shape index (κ1) is 14.0. The molecule has 1 aromatic rings. The van der Waals surface area contributed by atoms with Crippen LogP contribution in [0.3, 0.4) is 0 Å². The van der Waals surface area contributed by atoms with E-state index in [0.717, 1.165) is 19.4 Å². The van der Waals surface area contributed by atoms with Crippen molar-refractivity contribution in [3.63, 3.8) is 0 Å². The molecule has 1 aliphatic rings. The van der Waals surface area contributed by atoms with Gasteiger partial charge < -0.3 is 15.6 Å². The van der Waals surface area contributed by atoms with Crippen LogP contribution < -0.4 is 11.1 Å². The van der Waals surface area contributed by atoms with E-state index < -0.39 is 5.54 Å². The minimum Gasteiger partial charge on any atom is -0.358 e. The van der Waals surface area contributed by atoms with Gasteiger partial charge in [-0.25, -0.2) is 0 Å². The van der Waals surface area contributed by atoms with Crippen LogP contribution in [0.4, 0.5) is 0 Å². The molecule has 2 heterocycles. The quantitative estimate of drug-likeness (QED) is 0.795. The Hall–Kier alpha value is -1.47. The molecule has 1 aromatic heterocycles. The first-order chi connectivity index (χ1) is 8.91. The molecule has 0 bridgehead atoms. The Labute approximate surface area is 112 Å². The molecule has 7 heteroatoms. The molecular weight excluding hydrogens is 246 g/mol. The van der Waals surface area contributed by atoms with Gasteiger partial charge in [0, 0.05) is 7.05 Å². The standard InChI is InChI=1S/C12H21N5O2/c1-12(2,13)11-15-9(19-16-11)7-17-6-4-5-8(17)10(18)14-3/h8H,4-7,13H2,1-3H3,(H,14,18). The number of rotatable bonds is 4. The van der Waals surface area contributed by atoms with Gasteiger partial charge >= 0.3 is 0 Å². The summed E-state index contributed by atoms with van der Waals surface area (Å²) >= 11 is 0. The molecule has 1 saturated heterocycles. The second-order valence-corrected chi connectivity index (χ2v) is 5.48. The van der Waals surface area contributed by atoms with Crippen molar-refractivity contribution < 1.29 is 9.32 Å². The minimum absolute atomic E-state index is 0.0383. The maximum atomic E-state index is 11.7. The topological polar surface area (TPSA) is 97.3 Å². The number of aromatic nitrogens is 2. The van der Waals surface area contributed by atoms with Crippen molar-refractivity contribution in [3.8, 4) is 0 Å². The molecule has 2 rings (SSSR count). The summed E-state index contributed by atoms with van der Waals surface area (Å²) < 4.78 is 5.20. The highest BCUT2D eigenvalue weighted by Crippen LogP contribution is 2.20. The van der Waals surface area contributed by atoms with Gasteiger partial charge in [-0.05, 0) is 33.2 Å². The van der Waals surface area contributed by atoms with Crippen LogP contribution in [0.5, 0.6) is 0 Å². The highest BCUT2D eigenvalue weighted by Gasteiger charge is 2.31. The fourth-order valence-electron chi connectivity index (χ4n) is 2.23. The molecule has 0 radical (unpaired) electrons. The summed E-state index contributed by atoms with van der Waals surface area (Å²) in [6.07, 6.45) is 1.87. The maximum absolute atomic E-state index is 11.7. The van der Waals surface area contributed by atoms with E-state index in [1.54, 1.807) is 7.05 Å². The lowest BCUT2D eigenvalue weighted by molar-refractivity contribution is -0.125. The summed E-state index contributed by atoms with van der Waals surface area (Å²) in [7, 11) is 1.65. The first-order valence-electron chi connectivity index (χ1n) is 6.49. The van der Waals surface area contributed by atoms with E-state index in [2.05, 4.69) is 20.4 Å². The SMILES string of the molecule is CNC(=O)C1CCCN1Cc1nc(C(C)(C)N)no1. The van der Waals surface area contributed by atoms with E-state index in [9.17, 15) is 4.79 Å². The van der Waals surface area contributed by atoms with Gasteiger partial charge in [-0.2, -0.15) is 4.98 Å². The van der Waals surface area contributed by atoms with Crippen molar-refractivity contribution >= 4 is 5.91 Å². The van der Waals surface area contributed by atoms with E-state index in [1.165, 1.54) is 0 Å². The van der Waals surface area contributed by atoms with Crippen LogP contribution in [0.15, 0.2) is 4.52 Å². The number of hydrogen-bond donors (Lipinski definition) is 2. The fourth-order valence-corrected chi connectivity index (χ4v) is 2.23. The molecule has 1 aliphatic heterocycles. The van der Waals surface area contributed by atoms with Gasteiger partial charge in [-0.1, -0.05) is 5.16 Å². The molecule has 3 N–H and O–H groups in total. The Balaban J connectivity index is 2.04. The van der Waals surface area contributed by atoms with E-state index >= 15 is 0 Å². The number of nitrogens with zero attached hydrogens (tertiary/aromatic N) is 3. The molecule has 0 aliphatic carbocycles. The molecule has 0 saturated carbocycles. The zero-order valence-corrected chi connectivity index (χ0v) is 11.6. The number of nitrogens with one attached hydrogen (secondary N) is 1. The Kier molecular flexibility index (Phi) is 3.86. The van der Waals surface area contributed by atoms with Crippen LogP contribution in [-0.4, -0.2) is 40.6 Å². The van der Waals surface area contributed by atoms with Gasteiger partial charge in [0.15, 0.2) is 5.82 Å². The van der Waals surface area contributed by atoms with Crippen molar-refractivity contribution in [2.45, 2.75) is 44.8 Å². The summed E-state index contributed by atoms with van der Waals surface area (Å²) in [6.45, 7) is 5.00. The Bertz CT molecular complexity index is 451. The van der Waals surface area contributed by atoms with Gasteiger partial charge in [0.2, 0.25) is 11.8 Å². The van der Waals surface area contributed by atoms with Crippen LogP contribution in [0.1, 0.15) is 38.4 Å². The van der Waals surface area contributed by atoms with Gasteiger partial charge in [-0.3, -0.25) is 9.69 Å². The summed E-state index contributed by atoms with van der Waals surface area (Å²) in [5.41, 5.74) is 5.29. The fraction of sp³-hybridized carbons (Fsp3) is 0.750. The number of likely N-dealkylation sites (tertiary alicyclic amines) is 1. The minimum atomic E-state index is -0.618. The molecule has 19 heavy (non-hydrogen) atoms. The molecular formula is C12H21N5O2. The number of carbonyl (C=O) groups excluding carboxylic acids is 1. The largest absolute Gasteiger partial charge is 0.358 e. The summed E-state index contributed by atoms with van der Waals surface area (Å²) in [4.78, 5) is 18.1. The second-order valence-electron chi connectivity index (χ2n) is 5.48. The van der Waals surface area contributed by atoms with E-state index in [4.69, 9.17) is 10.3 Å². The third kappa shape index (κ3) is 3.10. The van der Waals surface area contributed by atoms with Crippen molar-refractivity contribution in [2.24, 2.45) is 5.73 Å². The van der Waals surface area contributed by atoms with Crippen molar-refractivity contribution in [3.05, 3.63) is 11.7 Å². The Morgan fingerprint density at radius 3 is 2.95 bits per heavy atom. The number of amides is 1. The lowest BCUT2D eigenvalue weighted by Gasteiger charge is -2.20. The molecule has 106 valence electrons. The van der Waals surface area contributed by atoms with Crippen molar-refractivity contribution in [1.29, 1.82) is 0 Å². The molecule has 7 nitrogen and oxygen atoms in total. The Morgan fingerprint density at radius 2 is 2.37 bits per heavy atom. The maximum Gasteiger partial charge on any atom is 0.240 e. The average molecular weight is 267 g/mol. The molecule has 1 atom stereocenters. The van der Waals surface area contributed by atoms with Crippen LogP contribution >= 0.6 is 0 Å². The van der Waals surface area contributed by atoms with Crippen LogP contribution in [-0.2, 0) is 16.9 Å². The van der Waals surface area contributed by atoms with Gasteiger partial charge in [0.1, 0.15) is 0 Å². The lowest BCUT2D eigenvalue weighted by Crippen LogP contribution is -2.41. The summed E-state index contributed by atoms with van der Waals surface area (Å²) in [5.74, 6) is 1.03. The van der Waals surface area contributed by atoms with Crippen LogP contribution in [0.25, 0.3) is 0 Å². The predicted molar refractivity (Wildman–Crippen MR) is 69.0 cm³/mol. The predicted octanol–water partition coefficient (Wildman–Crippen LogP) is -0.0262. The van der Waals surface area contributed by atoms with Gasteiger partial charge in [0.25, 0.3) is 0 Å². The van der Waals surface area contributed by atoms with Crippen LogP contribution in [0, 0.1) is 0 Å². The number of likely N-dealkylation sites (N-methyl/N-ethyl adjacent to an activating group) is 1. The molecule has 1 fully saturated rings. The number of carbonyl (C=O) groups is 1. The van der Waals surface area contributed by atoms with E-state index in [0.29, 0.717) is 18.3 Å². The van der Waals surface area contributed by atoms with E-state index in [-0.39, 0.29) is 11.9 Å². The molecule has 0 aromatic carbocycles. The van der Waals surface area contributed by atoms with Crippen molar-refractivity contribution in [1.82, 2.24) is 20.4 Å². The molecule has 1 amide bonds. The third-order valence-electron chi connectivity index (χ3n) is 3.30. The number of hydrogen-bond acceptors (Lipinski definition) is 6. The van der Waals surface area contributed by atoms with Crippen molar-refractivity contribution in [2.75, 3.05) is 13.6 Å². The zero-order chi connectivity index (χ0) is 14.0. The summed E-state index contributed by atoms with van der Waals surface area (Å²) in [5, 5.41) is 6.57. The number of nitrogens with two attached hydrogens (primary N) is 1. The van der Waals surface area contributed by atoms with Crippen LogP contribution in [0.2, 0.25) is 0 Å². The summed E-state index contributed by atoms with van der Waals surface area (Å²) in [6, 6.07) is -0.105. The average Bonchev–Trinajstić information content (AvgIpc) is 2.97. The monoisotopic (exact) mass is 267 g/mol. The third-order valence-corrected chi connectivity index (χ3v) is 3.30. The second kappa shape index (κ2) is 5.26. The van der Waals surface area contributed by atoms with Gasteiger partial charge in [-0.15, -0.1) is 0 Å². The lowest BCUT2D eigenvalue weighted by atomic mass is 10.1.